The molecule has 0 spiro atoms. The van der Waals surface area contributed by atoms with Crippen molar-refractivity contribution >= 4 is 0 Å². The van der Waals surface area contributed by atoms with E-state index in [1.165, 1.54) is 11.6 Å². The summed E-state index contributed by atoms with van der Waals surface area (Å²) in [7, 11) is 1.67. The second kappa shape index (κ2) is 7.79. The van der Waals surface area contributed by atoms with Crippen LogP contribution >= 0.6 is 0 Å². The highest BCUT2D eigenvalue weighted by Gasteiger charge is 2.06. The molecular weight excluding hydrogens is 265 g/mol. The van der Waals surface area contributed by atoms with Gasteiger partial charge >= 0.3 is 0 Å². The van der Waals surface area contributed by atoms with Crippen LogP contribution in [0.2, 0.25) is 0 Å². The van der Waals surface area contributed by atoms with E-state index in [0.29, 0.717) is 6.42 Å². The Morgan fingerprint density at radius 2 is 1.81 bits per heavy atom. The quantitative estimate of drug-likeness (QED) is 0.840. The van der Waals surface area contributed by atoms with Gasteiger partial charge in [0.2, 0.25) is 0 Å². The Balaban J connectivity index is 1.76. The predicted molar refractivity (Wildman–Crippen MR) is 84.3 cm³/mol. The zero-order valence-corrected chi connectivity index (χ0v) is 12.6. The monoisotopic (exact) mass is 287 g/mol. The molecule has 0 aliphatic rings. The molecule has 0 saturated carbocycles. The number of benzene rings is 2. The van der Waals surface area contributed by atoms with Crippen LogP contribution in [-0.4, -0.2) is 19.7 Å². The molecule has 0 aliphatic heterocycles. The maximum atomic E-state index is 13.6. The lowest BCUT2D eigenvalue weighted by Crippen LogP contribution is -2.30. The molecule has 0 fully saturated rings. The summed E-state index contributed by atoms with van der Waals surface area (Å²) in [6.07, 6.45) is 1.65. The van der Waals surface area contributed by atoms with E-state index in [1.54, 1.807) is 13.2 Å². The Hall–Kier alpha value is -1.87. The zero-order valence-electron chi connectivity index (χ0n) is 12.6. The Bertz CT molecular complexity index is 553. The first-order valence-electron chi connectivity index (χ1n) is 7.29. The minimum absolute atomic E-state index is 0.124. The highest BCUT2D eigenvalue weighted by atomic mass is 19.1. The molecule has 2 nitrogen and oxygen atoms in total. The zero-order chi connectivity index (χ0) is 15.1. The van der Waals surface area contributed by atoms with Gasteiger partial charge in [-0.15, -0.1) is 0 Å². The molecule has 0 bridgehead atoms. The van der Waals surface area contributed by atoms with Crippen LogP contribution in [0.1, 0.15) is 18.1 Å². The van der Waals surface area contributed by atoms with E-state index in [2.05, 4.69) is 24.4 Å². The number of hydrogen-bond donors (Lipinski definition) is 1. The third-order valence-corrected chi connectivity index (χ3v) is 3.55. The summed E-state index contributed by atoms with van der Waals surface area (Å²) >= 11 is 0. The van der Waals surface area contributed by atoms with Crippen molar-refractivity contribution in [3.63, 3.8) is 0 Å². The second-order valence-electron chi connectivity index (χ2n) is 5.25. The van der Waals surface area contributed by atoms with E-state index in [9.17, 15) is 4.39 Å². The lowest BCUT2D eigenvalue weighted by Gasteiger charge is -2.14. The van der Waals surface area contributed by atoms with Gasteiger partial charge in [-0.2, -0.15) is 0 Å². The standard InChI is InChI=1S/C18H22FNO/c1-14(13-16-5-3-4-6-18(16)19)20-12-11-15-7-9-17(21-2)10-8-15/h3-10,14,20H,11-13H2,1-2H3. The molecule has 2 aromatic carbocycles. The predicted octanol–water partition coefficient (Wildman–Crippen LogP) is 3.60. The van der Waals surface area contributed by atoms with Crippen LogP contribution in [0.4, 0.5) is 4.39 Å². The topological polar surface area (TPSA) is 21.3 Å². The van der Waals surface area contributed by atoms with E-state index in [4.69, 9.17) is 4.74 Å². The molecule has 2 rings (SSSR count). The molecule has 1 N–H and O–H groups in total. The number of rotatable bonds is 7. The lowest BCUT2D eigenvalue weighted by atomic mass is 10.1. The van der Waals surface area contributed by atoms with Crippen LogP contribution in [0.25, 0.3) is 0 Å². The number of halogens is 1. The van der Waals surface area contributed by atoms with Crippen molar-refractivity contribution in [2.45, 2.75) is 25.8 Å². The van der Waals surface area contributed by atoms with Crippen LogP contribution in [0.15, 0.2) is 48.5 Å². The molecule has 0 aromatic heterocycles. The average Bonchev–Trinajstić information content (AvgIpc) is 2.50. The fourth-order valence-electron chi connectivity index (χ4n) is 2.32. The molecule has 2 aromatic rings. The number of methoxy groups -OCH3 is 1. The Morgan fingerprint density at radius 1 is 1.10 bits per heavy atom. The molecule has 0 heterocycles. The van der Waals surface area contributed by atoms with Crippen molar-refractivity contribution in [2.75, 3.05) is 13.7 Å². The van der Waals surface area contributed by atoms with Gasteiger partial charge < -0.3 is 10.1 Å². The summed E-state index contributed by atoms with van der Waals surface area (Å²) in [5, 5.41) is 3.44. The van der Waals surface area contributed by atoms with Crippen molar-refractivity contribution in [3.05, 3.63) is 65.5 Å². The maximum absolute atomic E-state index is 13.6. The SMILES string of the molecule is COc1ccc(CCNC(C)Cc2ccccc2F)cc1. The van der Waals surface area contributed by atoms with E-state index in [-0.39, 0.29) is 11.9 Å². The van der Waals surface area contributed by atoms with Crippen molar-refractivity contribution in [1.29, 1.82) is 0 Å². The molecule has 0 radical (unpaired) electrons. The van der Waals surface area contributed by atoms with Gasteiger partial charge in [-0.1, -0.05) is 30.3 Å². The summed E-state index contributed by atoms with van der Waals surface area (Å²) in [6, 6.07) is 15.3. The van der Waals surface area contributed by atoms with E-state index < -0.39 is 0 Å². The number of hydrogen-bond acceptors (Lipinski definition) is 2. The molecule has 1 unspecified atom stereocenters. The average molecular weight is 287 g/mol. The van der Waals surface area contributed by atoms with Crippen LogP contribution in [-0.2, 0) is 12.8 Å². The summed E-state index contributed by atoms with van der Waals surface area (Å²) in [5.41, 5.74) is 2.03. The van der Waals surface area contributed by atoms with Gasteiger partial charge in [-0.05, 0) is 55.6 Å². The molecule has 1 atom stereocenters. The molecule has 0 saturated heterocycles. The van der Waals surface area contributed by atoms with Crippen molar-refractivity contribution < 1.29 is 9.13 Å². The largest absolute Gasteiger partial charge is 0.497 e. The third-order valence-electron chi connectivity index (χ3n) is 3.55. The van der Waals surface area contributed by atoms with E-state index in [0.717, 1.165) is 24.3 Å². The molecular formula is C18H22FNO. The smallest absolute Gasteiger partial charge is 0.126 e. The first-order valence-corrected chi connectivity index (χ1v) is 7.29. The first kappa shape index (κ1) is 15.5. The molecule has 21 heavy (non-hydrogen) atoms. The van der Waals surface area contributed by atoms with E-state index in [1.807, 2.05) is 24.3 Å². The highest BCUT2D eigenvalue weighted by Crippen LogP contribution is 2.12. The molecule has 0 amide bonds. The van der Waals surface area contributed by atoms with Crippen molar-refractivity contribution in [2.24, 2.45) is 0 Å². The Labute approximate surface area is 126 Å². The Kier molecular flexibility index (Phi) is 5.76. The molecule has 112 valence electrons. The summed E-state index contributed by atoms with van der Waals surface area (Å²) in [5.74, 6) is 0.751. The molecule has 0 aliphatic carbocycles. The van der Waals surface area contributed by atoms with Gasteiger partial charge in [-0.25, -0.2) is 4.39 Å². The summed E-state index contributed by atoms with van der Waals surface area (Å²) in [6.45, 7) is 2.96. The van der Waals surface area contributed by atoms with Crippen LogP contribution in [0, 0.1) is 5.82 Å². The first-order chi connectivity index (χ1) is 10.2. The molecule has 3 heteroatoms. The van der Waals surface area contributed by atoms with Crippen LogP contribution in [0.3, 0.4) is 0 Å². The van der Waals surface area contributed by atoms with Crippen molar-refractivity contribution in [1.82, 2.24) is 5.32 Å². The van der Waals surface area contributed by atoms with E-state index >= 15 is 0 Å². The second-order valence-corrected chi connectivity index (χ2v) is 5.25. The van der Waals surface area contributed by atoms with Gasteiger partial charge in [0.25, 0.3) is 0 Å². The number of nitrogens with one attached hydrogen (secondary N) is 1. The maximum Gasteiger partial charge on any atom is 0.126 e. The van der Waals surface area contributed by atoms with Crippen LogP contribution < -0.4 is 10.1 Å². The number of ether oxygens (including phenoxy) is 1. The Morgan fingerprint density at radius 3 is 2.48 bits per heavy atom. The highest BCUT2D eigenvalue weighted by molar-refractivity contribution is 5.27. The normalized spacial score (nSPS) is 12.1. The van der Waals surface area contributed by atoms with Gasteiger partial charge in [0, 0.05) is 6.04 Å². The van der Waals surface area contributed by atoms with Gasteiger partial charge in [0.05, 0.1) is 7.11 Å². The fraction of sp³-hybridized carbons (Fsp3) is 0.333. The fourth-order valence-corrected chi connectivity index (χ4v) is 2.32. The lowest BCUT2D eigenvalue weighted by molar-refractivity contribution is 0.414. The van der Waals surface area contributed by atoms with Gasteiger partial charge in [0.1, 0.15) is 11.6 Å². The third kappa shape index (κ3) is 4.87. The van der Waals surface area contributed by atoms with Crippen LogP contribution in [0.5, 0.6) is 5.75 Å². The summed E-state index contributed by atoms with van der Waals surface area (Å²) in [4.78, 5) is 0. The minimum atomic E-state index is -0.124. The minimum Gasteiger partial charge on any atom is -0.497 e. The summed E-state index contributed by atoms with van der Waals surface area (Å²) < 4.78 is 18.7. The van der Waals surface area contributed by atoms with Gasteiger partial charge in [-0.3, -0.25) is 0 Å². The van der Waals surface area contributed by atoms with Crippen molar-refractivity contribution in [3.8, 4) is 5.75 Å². The van der Waals surface area contributed by atoms with Gasteiger partial charge in [0.15, 0.2) is 0 Å².